The molecule has 0 spiro atoms. The number of hydrogen-bond donors (Lipinski definition) is 3. The smallest absolute Gasteiger partial charge is 0.334 e. The first-order chi connectivity index (χ1) is 17.5. The van der Waals surface area contributed by atoms with Gasteiger partial charge in [-0.05, 0) is 45.6 Å². The highest BCUT2D eigenvalue weighted by atomic mass is 32.1. The van der Waals surface area contributed by atoms with Crippen LogP contribution in [0.15, 0.2) is 71.4 Å². The summed E-state index contributed by atoms with van der Waals surface area (Å²) < 4.78 is 0. The number of carbonyl (C=O) groups excluding carboxylic acids is 3. The third-order valence-electron chi connectivity index (χ3n) is 6.42. The van der Waals surface area contributed by atoms with Gasteiger partial charge in [-0.3, -0.25) is 9.59 Å². The van der Waals surface area contributed by atoms with Crippen molar-refractivity contribution in [1.82, 2.24) is 25.6 Å². The van der Waals surface area contributed by atoms with Crippen LogP contribution in [0.4, 0.5) is 4.79 Å². The summed E-state index contributed by atoms with van der Waals surface area (Å²) >= 11 is 1.56. The maximum atomic E-state index is 13.6. The van der Waals surface area contributed by atoms with Gasteiger partial charge in [0.05, 0.1) is 13.1 Å². The number of hydrazine groups is 1. The van der Waals surface area contributed by atoms with Gasteiger partial charge in [0, 0.05) is 19.5 Å². The van der Waals surface area contributed by atoms with Crippen LogP contribution in [0.3, 0.4) is 0 Å². The number of hydrogen-bond acceptors (Lipinski definition) is 6. The normalized spacial score (nSPS) is 20.1. The zero-order valence-corrected chi connectivity index (χ0v) is 20.4. The van der Waals surface area contributed by atoms with Crippen molar-refractivity contribution in [3.8, 4) is 5.75 Å². The molecule has 186 valence electrons. The van der Waals surface area contributed by atoms with Gasteiger partial charge in [-0.2, -0.15) is 11.3 Å². The Labute approximate surface area is 212 Å². The molecule has 0 aliphatic carbocycles. The van der Waals surface area contributed by atoms with E-state index in [4.69, 9.17) is 0 Å². The maximum absolute atomic E-state index is 13.6. The van der Waals surface area contributed by atoms with Crippen LogP contribution >= 0.6 is 11.3 Å². The van der Waals surface area contributed by atoms with Gasteiger partial charge in [-0.1, -0.05) is 42.5 Å². The fourth-order valence-corrected chi connectivity index (χ4v) is 5.34. The van der Waals surface area contributed by atoms with Crippen molar-refractivity contribution in [2.45, 2.75) is 31.7 Å². The highest BCUT2D eigenvalue weighted by molar-refractivity contribution is 7.07. The average molecular weight is 506 g/mol. The third kappa shape index (κ3) is 5.05. The maximum Gasteiger partial charge on any atom is 0.334 e. The molecule has 0 radical (unpaired) electrons. The number of nitrogens with one attached hydrogen (secondary N) is 2. The zero-order valence-electron chi connectivity index (χ0n) is 19.5. The quantitative estimate of drug-likeness (QED) is 0.477. The lowest BCUT2D eigenvalue weighted by molar-refractivity contribution is -0.182. The van der Waals surface area contributed by atoms with Crippen molar-refractivity contribution < 1.29 is 19.5 Å². The summed E-state index contributed by atoms with van der Waals surface area (Å²) in [5.41, 5.74) is 2.77. The van der Waals surface area contributed by atoms with Crippen LogP contribution in [0.5, 0.6) is 5.75 Å². The Morgan fingerprint density at radius 1 is 1.03 bits per heavy atom. The summed E-state index contributed by atoms with van der Waals surface area (Å²) in [6.07, 6.45) is -0.390. The fraction of sp³-hybridized carbons (Fsp3) is 0.269. The molecule has 5 rings (SSSR count). The van der Waals surface area contributed by atoms with E-state index >= 15 is 0 Å². The van der Waals surface area contributed by atoms with Crippen LogP contribution in [0.1, 0.15) is 16.7 Å². The van der Waals surface area contributed by atoms with E-state index < -0.39 is 12.2 Å². The molecule has 0 saturated carbocycles. The van der Waals surface area contributed by atoms with Gasteiger partial charge in [0.15, 0.2) is 0 Å². The van der Waals surface area contributed by atoms with Gasteiger partial charge in [0.25, 0.3) is 0 Å². The van der Waals surface area contributed by atoms with Crippen LogP contribution in [0.25, 0.3) is 0 Å². The third-order valence-corrected chi connectivity index (χ3v) is 7.15. The molecule has 3 aromatic rings. The van der Waals surface area contributed by atoms with Crippen molar-refractivity contribution in [2.24, 2.45) is 0 Å². The Morgan fingerprint density at radius 2 is 1.81 bits per heavy atom. The Balaban J connectivity index is 1.42. The van der Waals surface area contributed by atoms with Crippen LogP contribution in [-0.4, -0.2) is 63.2 Å². The predicted octanol–water partition coefficient (Wildman–Crippen LogP) is 2.29. The lowest BCUT2D eigenvalue weighted by Gasteiger charge is -2.53. The lowest BCUT2D eigenvalue weighted by Crippen LogP contribution is -2.76. The zero-order chi connectivity index (χ0) is 25.1. The summed E-state index contributed by atoms with van der Waals surface area (Å²) in [6, 6.07) is 17.0. The Hall–Kier alpha value is -3.89. The van der Waals surface area contributed by atoms with Crippen molar-refractivity contribution in [3.05, 3.63) is 88.1 Å². The average Bonchev–Trinajstić information content (AvgIpc) is 3.39. The molecule has 36 heavy (non-hydrogen) atoms. The molecule has 3 heterocycles. The minimum atomic E-state index is -0.770. The molecule has 2 atom stereocenters. The highest BCUT2D eigenvalue weighted by Gasteiger charge is 2.49. The number of aromatic hydroxyl groups is 1. The topological polar surface area (TPSA) is 105 Å². The number of thiophene rings is 1. The largest absolute Gasteiger partial charge is 0.508 e. The fourth-order valence-electron chi connectivity index (χ4n) is 4.68. The molecule has 0 bridgehead atoms. The van der Waals surface area contributed by atoms with Gasteiger partial charge in [-0.15, -0.1) is 0 Å². The summed E-state index contributed by atoms with van der Waals surface area (Å²) in [7, 11) is 0. The molecular formula is C26H27N5O4S. The second-order valence-electron chi connectivity index (χ2n) is 8.86. The number of nitrogens with zero attached hydrogens (tertiary/aromatic N) is 3. The summed E-state index contributed by atoms with van der Waals surface area (Å²) in [6.45, 7) is 0.849. The van der Waals surface area contributed by atoms with Crippen molar-refractivity contribution in [3.63, 3.8) is 0 Å². The van der Waals surface area contributed by atoms with Crippen molar-refractivity contribution in [2.75, 3.05) is 13.1 Å². The number of carbonyl (C=O) groups is 3. The monoisotopic (exact) mass is 505 g/mol. The van der Waals surface area contributed by atoms with Gasteiger partial charge in [0.1, 0.15) is 18.0 Å². The summed E-state index contributed by atoms with van der Waals surface area (Å²) in [5, 5.41) is 22.8. The number of benzene rings is 2. The van der Waals surface area contributed by atoms with Gasteiger partial charge < -0.3 is 20.6 Å². The van der Waals surface area contributed by atoms with Crippen LogP contribution in [-0.2, 0) is 29.1 Å². The van der Waals surface area contributed by atoms with Crippen molar-refractivity contribution >= 4 is 29.2 Å². The minimum Gasteiger partial charge on any atom is -0.508 e. The van der Waals surface area contributed by atoms with Crippen molar-refractivity contribution in [1.29, 1.82) is 0 Å². The van der Waals surface area contributed by atoms with E-state index in [1.54, 1.807) is 45.6 Å². The van der Waals surface area contributed by atoms with E-state index in [1.165, 1.54) is 4.90 Å². The van der Waals surface area contributed by atoms with E-state index in [0.717, 1.165) is 16.7 Å². The Morgan fingerprint density at radius 3 is 2.53 bits per heavy atom. The van der Waals surface area contributed by atoms with E-state index in [2.05, 4.69) is 10.6 Å². The van der Waals surface area contributed by atoms with Crippen LogP contribution in [0, 0.1) is 0 Å². The molecule has 2 fully saturated rings. The van der Waals surface area contributed by atoms with Gasteiger partial charge in [0.2, 0.25) is 11.8 Å². The van der Waals surface area contributed by atoms with Gasteiger partial charge in [-0.25, -0.2) is 14.8 Å². The molecule has 9 nitrogen and oxygen atoms in total. The molecular weight excluding hydrogens is 478 g/mol. The second kappa shape index (κ2) is 10.4. The molecule has 2 aliphatic rings. The van der Waals surface area contributed by atoms with E-state index in [-0.39, 0.29) is 43.1 Å². The molecule has 2 unspecified atom stereocenters. The van der Waals surface area contributed by atoms with E-state index in [0.29, 0.717) is 13.1 Å². The number of amides is 4. The lowest BCUT2D eigenvalue weighted by atomic mass is 10.00. The summed E-state index contributed by atoms with van der Waals surface area (Å²) in [4.78, 5) is 41.4. The van der Waals surface area contributed by atoms with Gasteiger partial charge >= 0.3 is 6.03 Å². The molecule has 10 heteroatoms. The number of rotatable bonds is 6. The Bertz CT molecular complexity index is 1220. The molecule has 2 aliphatic heterocycles. The number of urea groups is 1. The molecule has 4 amide bonds. The SMILES string of the molecule is O=C1NCC2N(C(=O)CN(Cc3ccsc3)N2C(=O)NCc2ccccc2)C1Cc1ccc(O)cc1. The first kappa shape index (κ1) is 23.8. The number of piperazine rings is 1. The summed E-state index contributed by atoms with van der Waals surface area (Å²) in [5.74, 6) is -0.339. The number of phenols is 1. The predicted molar refractivity (Wildman–Crippen MR) is 134 cm³/mol. The number of phenolic OH excluding ortho intramolecular Hbond substituents is 1. The highest BCUT2D eigenvalue weighted by Crippen LogP contribution is 2.27. The number of fused-ring (bicyclic) bond motifs is 1. The standard InChI is InChI=1S/C26H27N5O4S/c32-21-8-6-18(7-9-21)12-22-25(34)27-14-23-30(22)24(33)16-29(15-20-10-11-36-17-20)31(23)26(35)28-13-19-4-2-1-3-5-19/h1-11,17,22-23,32H,12-16H2,(H,27,34)(H,28,35). The second-order valence-corrected chi connectivity index (χ2v) is 9.64. The molecule has 1 aromatic heterocycles. The first-order valence-corrected chi connectivity index (χ1v) is 12.7. The Kier molecular flexibility index (Phi) is 6.88. The minimum absolute atomic E-state index is 0.0234. The molecule has 2 saturated heterocycles. The molecule has 3 N–H and O–H groups in total. The van der Waals surface area contributed by atoms with Crippen LogP contribution in [0.2, 0.25) is 0 Å². The van der Waals surface area contributed by atoms with E-state index in [9.17, 15) is 19.5 Å². The molecule has 2 aromatic carbocycles. The van der Waals surface area contributed by atoms with E-state index in [1.807, 2.05) is 47.2 Å². The first-order valence-electron chi connectivity index (χ1n) is 11.7. The van der Waals surface area contributed by atoms with Crippen LogP contribution < -0.4 is 10.6 Å².